The van der Waals surface area contributed by atoms with E-state index in [9.17, 15) is 9.59 Å². The average molecular weight is 387 g/mol. The van der Waals surface area contributed by atoms with Crippen LogP contribution in [0, 0.1) is 12.8 Å². The van der Waals surface area contributed by atoms with E-state index >= 15 is 0 Å². The van der Waals surface area contributed by atoms with E-state index in [1.807, 2.05) is 61.0 Å². The van der Waals surface area contributed by atoms with Gasteiger partial charge < -0.3 is 4.57 Å². The van der Waals surface area contributed by atoms with Gasteiger partial charge >= 0.3 is 0 Å². The Labute approximate surface area is 169 Å². The van der Waals surface area contributed by atoms with Crippen molar-refractivity contribution < 1.29 is 0 Å². The van der Waals surface area contributed by atoms with Crippen LogP contribution in [0.15, 0.2) is 58.1 Å². The minimum absolute atomic E-state index is 0.158. The fourth-order valence-corrected chi connectivity index (χ4v) is 3.71. The molecule has 0 radical (unpaired) electrons. The van der Waals surface area contributed by atoms with Crippen LogP contribution in [0.2, 0.25) is 0 Å². The van der Waals surface area contributed by atoms with Crippen LogP contribution >= 0.6 is 0 Å². The van der Waals surface area contributed by atoms with Crippen LogP contribution in [-0.4, -0.2) is 14.1 Å². The summed E-state index contributed by atoms with van der Waals surface area (Å²) in [4.78, 5) is 31.6. The Morgan fingerprint density at radius 1 is 1.00 bits per heavy atom. The Morgan fingerprint density at radius 3 is 2.38 bits per heavy atom. The highest BCUT2D eigenvalue weighted by molar-refractivity contribution is 5.91. The summed E-state index contributed by atoms with van der Waals surface area (Å²) < 4.78 is 3.51. The molecule has 0 atom stereocenters. The Hall–Kier alpha value is -3.21. The van der Waals surface area contributed by atoms with E-state index in [0.29, 0.717) is 29.3 Å². The first-order chi connectivity index (χ1) is 13.9. The van der Waals surface area contributed by atoms with Crippen molar-refractivity contribution in [1.82, 2.24) is 14.1 Å². The smallest absolute Gasteiger partial charge is 0.267 e. The monoisotopic (exact) mass is 387 g/mol. The van der Waals surface area contributed by atoms with Crippen LogP contribution < -0.4 is 11.0 Å². The molecule has 148 valence electrons. The Kier molecular flexibility index (Phi) is 4.82. The van der Waals surface area contributed by atoms with Gasteiger partial charge in [-0.15, -0.1) is 0 Å². The lowest BCUT2D eigenvalue weighted by Crippen LogP contribution is -2.29. The molecule has 2 heterocycles. The molecule has 5 nitrogen and oxygen atoms in total. The summed E-state index contributed by atoms with van der Waals surface area (Å²) in [6.07, 6.45) is 0.833. The minimum atomic E-state index is -0.266. The molecule has 0 saturated heterocycles. The van der Waals surface area contributed by atoms with Crippen LogP contribution in [0.1, 0.15) is 25.8 Å². The number of rotatable bonds is 4. The SMILES string of the molecule is Cc1ccc(-c2nc3c(c(=O)c4ccccc4n3C)c(=O)n2CCC(C)C)cc1. The fourth-order valence-electron chi connectivity index (χ4n) is 3.71. The molecule has 2 aromatic heterocycles. The van der Waals surface area contributed by atoms with Gasteiger partial charge in [-0.25, -0.2) is 4.98 Å². The van der Waals surface area contributed by atoms with Crippen LogP contribution in [0.25, 0.3) is 33.3 Å². The summed E-state index contributed by atoms with van der Waals surface area (Å²) in [6, 6.07) is 15.3. The third kappa shape index (κ3) is 3.27. The molecule has 4 rings (SSSR count). The molecular formula is C24H25N3O2. The first-order valence-electron chi connectivity index (χ1n) is 9.97. The van der Waals surface area contributed by atoms with Gasteiger partial charge in [-0.2, -0.15) is 0 Å². The standard InChI is InChI=1S/C24H25N3O2/c1-15(2)13-14-27-22(17-11-9-16(3)10-12-17)25-23-20(24(27)29)21(28)18-7-5-6-8-19(18)26(23)4/h5-12,15H,13-14H2,1-4H3. The van der Waals surface area contributed by atoms with Crippen molar-refractivity contribution in [3.63, 3.8) is 0 Å². The molecule has 0 aliphatic rings. The topological polar surface area (TPSA) is 56.9 Å². The Bertz CT molecular complexity index is 1330. The van der Waals surface area contributed by atoms with E-state index in [-0.39, 0.29) is 16.4 Å². The van der Waals surface area contributed by atoms with Crippen LogP contribution in [0.3, 0.4) is 0 Å². The summed E-state index contributed by atoms with van der Waals surface area (Å²) in [6.45, 7) is 6.80. The lowest BCUT2D eigenvalue weighted by atomic mass is 10.1. The third-order valence-electron chi connectivity index (χ3n) is 5.44. The molecule has 0 bridgehead atoms. The van der Waals surface area contributed by atoms with Crippen LogP contribution in [0.4, 0.5) is 0 Å². The van der Waals surface area contributed by atoms with Gasteiger partial charge in [0.15, 0.2) is 5.65 Å². The van der Waals surface area contributed by atoms with Crippen molar-refractivity contribution in [1.29, 1.82) is 0 Å². The molecule has 2 aromatic carbocycles. The van der Waals surface area contributed by atoms with Crippen molar-refractivity contribution in [3.8, 4) is 11.4 Å². The van der Waals surface area contributed by atoms with Gasteiger partial charge in [0.05, 0.1) is 5.52 Å². The molecule has 0 amide bonds. The molecule has 0 spiro atoms. The maximum atomic E-state index is 13.5. The summed E-state index contributed by atoms with van der Waals surface area (Å²) >= 11 is 0. The van der Waals surface area contributed by atoms with Gasteiger partial charge in [0, 0.05) is 24.5 Å². The normalized spacial score (nSPS) is 11.6. The average Bonchev–Trinajstić information content (AvgIpc) is 2.71. The first-order valence-corrected chi connectivity index (χ1v) is 9.97. The first kappa shape index (κ1) is 19.1. The molecule has 0 aliphatic carbocycles. The summed E-state index contributed by atoms with van der Waals surface area (Å²) in [7, 11) is 1.86. The second-order valence-corrected chi connectivity index (χ2v) is 8.04. The number of para-hydroxylation sites is 1. The molecule has 5 heteroatoms. The highest BCUT2D eigenvalue weighted by Crippen LogP contribution is 2.21. The molecule has 4 aromatic rings. The number of hydrogen-bond donors (Lipinski definition) is 0. The number of fused-ring (bicyclic) bond motifs is 2. The van der Waals surface area contributed by atoms with Crippen LogP contribution in [-0.2, 0) is 13.6 Å². The van der Waals surface area contributed by atoms with Crippen molar-refractivity contribution in [2.75, 3.05) is 0 Å². The zero-order chi connectivity index (χ0) is 20.7. The van der Waals surface area contributed by atoms with E-state index in [1.54, 1.807) is 10.6 Å². The highest BCUT2D eigenvalue weighted by atomic mass is 16.1. The number of benzene rings is 2. The number of aromatic nitrogens is 3. The van der Waals surface area contributed by atoms with E-state index in [4.69, 9.17) is 4.98 Å². The molecule has 29 heavy (non-hydrogen) atoms. The summed E-state index contributed by atoms with van der Waals surface area (Å²) in [5.74, 6) is 1.04. The van der Waals surface area contributed by atoms with Gasteiger partial charge in [0.2, 0.25) is 5.43 Å². The number of hydrogen-bond acceptors (Lipinski definition) is 3. The molecule has 0 unspecified atom stereocenters. The maximum Gasteiger partial charge on any atom is 0.267 e. The lowest BCUT2D eigenvalue weighted by Gasteiger charge is -2.17. The summed E-state index contributed by atoms with van der Waals surface area (Å²) in [5.41, 5.74) is 2.70. The highest BCUT2D eigenvalue weighted by Gasteiger charge is 2.19. The van der Waals surface area contributed by atoms with Crippen molar-refractivity contribution >= 4 is 21.9 Å². The maximum absolute atomic E-state index is 13.5. The predicted octanol–water partition coefficient (Wildman–Crippen LogP) is 4.27. The van der Waals surface area contributed by atoms with Gasteiger partial charge in [-0.05, 0) is 31.4 Å². The predicted molar refractivity (Wildman–Crippen MR) is 118 cm³/mol. The van der Waals surface area contributed by atoms with Crippen molar-refractivity contribution in [3.05, 3.63) is 74.7 Å². The number of pyridine rings is 1. The lowest BCUT2D eigenvalue weighted by molar-refractivity contribution is 0.509. The van der Waals surface area contributed by atoms with E-state index in [1.165, 1.54) is 0 Å². The molecule has 0 aliphatic heterocycles. The van der Waals surface area contributed by atoms with Gasteiger partial charge in [-0.1, -0.05) is 55.8 Å². The fraction of sp³-hybridized carbons (Fsp3) is 0.292. The zero-order valence-corrected chi connectivity index (χ0v) is 17.3. The number of nitrogens with zero attached hydrogens (tertiary/aromatic N) is 3. The van der Waals surface area contributed by atoms with E-state index < -0.39 is 0 Å². The zero-order valence-electron chi connectivity index (χ0n) is 17.3. The Balaban J connectivity index is 2.13. The van der Waals surface area contributed by atoms with Gasteiger partial charge in [0.25, 0.3) is 5.56 Å². The second kappa shape index (κ2) is 7.32. The number of aryl methyl sites for hydroxylation is 2. The molecular weight excluding hydrogens is 362 g/mol. The van der Waals surface area contributed by atoms with E-state index in [2.05, 4.69) is 13.8 Å². The third-order valence-corrected chi connectivity index (χ3v) is 5.44. The van der Waals surface area contributed by atoms with Crippen molar-refractivity contribution in [2.45, 2.75) is 33.7 Å². The van der Waals surface area contributed by atoms with E-state index in [0.717, 1.165) is 23.1 Å². The van der Waals surface area contributed by atoms with Crippen molar-refractivity contribution in [2.24, 2.45) is 13.0 Å². The van der Waals surface area contributed by atoms with Gasteiger partial charge in [0.1, 0.15) is 11.2 Å². The minimum Gasteiger partial charge on any atom is -0.328 e. The largest absolute Gasteiger partial charge is 0.328 e. The summed E-state index contributed by atoms with van der Waals surface area (Å²) in [5, 5.41) is 0.700. The molecule has 0 fully saturated rings. The van der Waals surface area contributed by atoms with Crippen LogP contribution in [0.5, 0.6) is 0 Å². The van der Waals surface area contributed by atoms with Gasteiger partial charge in [-0.3, -0.25) is 14.2 Å². The molecule has 0 saturated carbocycles. The molecule has 0 N–H and O–H groups in total. The quantitative estimate of drug-likeness (QED) is 0.492. The second-order valence-electron chi connectivity index (χ2n) is 8.04. The Morgan fingerprint density at radius 2 is 1.69 bits per heavy atom.